The average Bonchev–Trinajstić information content (AvgIpc) is 2.29. The number of nitrogens with zero attached hydrogens (tertiary/aromatic N) is 1. The Balaban J connectivity index is 2.61. The molecule has 15 heavy (non-hydrogen) atoms. The second-order valence-electron chi connectivity index (χ2n) is 3.48. The molecule has 0 bridgehead atoms. The maximum atomic E-state index is 11.7. The number of benzene rings is 1. The van der Waals surface area contributed by atoms with Crippen LogP contribution in [0.15, 0.2) is 30.3 Å². The summed E-state index contributed by atoms with van der Waals surface area (Å²) in [5.41, 5.74) is 6.29. The fourth-order valence-electron chi connectivity index (χ4n) is 1.14. The predicted molar refractivity (Wildman–Crippen MR) is 61.9 cm³/mol. The highest BCUT2D eigenvalue weighted by Gasteiger charge is 2.11. The summed E-state index contributed by atoms with van der Waals surface area (Å²) in [7, 11) is 1.73. The van der Waals surface area contributed by atoms with E-state index in [1.165, 1.54) is 0 Å². The first-order valence-corrected chi connectivity index (χ1v) is 4.94. The Morgan fingerprint density at radius 3 is 2.60 bits per heavy atom. The number of anilines is 1. The van der Waals surface area contributed by atoms with E-state index < -0.39 is 0 Å². The third kappa shape index (κ3) is 3.25. The van der Waals surface area contributed by atoms with E-state index in [2.05, 4.69) is 5.32 Å². The van der Waals surface area contributed by atoms with Crippen molar-refractivity contribution in [2.45, 2.75) is 13.0 Å². The van der Waals surface area contributed by atoms with Gasteiger partial charge >= 0.3 is 6.03 Å². The molecule has 4 nitrogen and oxygen atoms in total. The number of nitrogens with one attached hydrogen (secondary N) is 1. The van der Waals surface area contributed by atoms with Gasteiger partial charge in [0, 0.05) is 25.3 Å². The molecule has 82 valence electrons. The number of nitrogens with two attached hydrogens (primary N) is 1. The molecule has 0 radical (unpaired) electrons. The van der Waals surface area contributed by atoms with Crippen LogP contribution in [-0.4, -0.2) is 25.7 Å². The lowest BCUT2D eigenvalue weighted by molar-refractivity contribution is 0.245. The lowest BCUT2D eigenvalue weighted by atomic mass is 10.3. The Morgan fingerprint density at radius 1 is 1.47 bits per heavy atom. The standard InChI is InChI=1S/C11H17N3O/c1-9(8-12)13-11(15)14(2)10-6-4-3-5-7-10/h3-7,9H,8,12H2,1-2H3,(H,13,15). The molecule has 1 aromatic rings. The van der Waals surface area contributed by atoms with Crippen LogP contribution in [0.2, 0.25) is 0 Å². The average molecular weight is 207 g/mol. The molecule has 0 aromatic heterocycles. The van der Waals surface area contributed by atoms with Crippen molar-refractivity contribution in [1.82, 2.24) is 5.32 Å². The molecule has 2 amide bonds. The van der Waals surface area contributed by atoms with Crippen molar-refractivity contribution in [2.75, 3.05) is 18.5 Å². The summed E-state index contributed by atoms with van der Waals surface area (Å²) in [5.74, 6) is 0. The van der Waals surface area contributed by atoms with Crippen LogP contribution in [0.5, 0.6) is 0 Å². The van der Waals surface area contributed by atoms with Gasteiger partial charge in [-0.3, -0.25) is 4.90 Å². The van der Waals surface area contributed by atoms with Gasteiger partial charge in [0.15, 0.2) is 0 Å². The number of rotatable bonds is 3. The molecule has 1 aromatic carbocycles. The van der Waals surface area contributed by atoms with Crippen LogP contribution in [-0.2, 0) is 0 Å². The van der Waals surface area contributed by atoms with Gasteiger partial charge in [0.2, 0.25) is 0 Å². The zero-order valence-electron chi connectivity index (χ0n) is 9.10. The molecule has 1 unspecified atom stereocenters. The highest BCUT2D eigenvalue weighted by molar-refractivity contribution is 5.91. The van der Waals surface area contributed by atoms with Crippen LogP contribution in [0.25, 0.3) is 0 Å². The van der Waals surface area contributed by atoms with Gasteiger partial charge in [0.25, 0.3) is 0 Å². The van der Waals surface area contributed by atoms with E-state index in [1.54, 1.807) is 11.9 Å². The van der Waals surface area contributed by atoms with E-state index in [4.69, 9.17) is 5.73 Å². The minimum Gasteiger partial charge on any atom is -0.334 e. The van der Waals surface area contributed by atoms with Crippen molar-refractivity contribution in [3.8, 4) is 0 Å². The number of carbonyl (C=O) groups excluding carboxylic acids is 1. The fraction of sp³-hybridized carbons (Fsp3) is 0.364. The number of hydrogen-bond acceptors (Lipinski definition) is 2. The number of hydrogen-bond donors (Lipinski definition) is 2. The number of urea groups is 1. The minimum atomic E-state index is -0.140. The van der Waals surface area contributed by atoms with Gasteiger partial charge in [-0.1, -0.05) is 18.2 Å². The summed E-state index contributed by atoms with van der Waals surface area (Å²) in [6.07, 6.45) is 0. The smallest absolute Gasteiger partial charge is 0.321 e. The highest BCUT2D eigenvalue weighted by Crippen LogP contribution is 2.10. The molecule has 0 aliphatic rings. The number of para-hydroxylation sites is 1. The van der Waals surface area contributed by atoms with E-state index >= 15 is 0 Å². The SMILES string of the molecule is CC(CN)NC(=O)N(C)c1ccccc1. The van der Waals surface area contributed by atoms with Gasteiger partial charge in [-0.05, 0) is 19.1 Å². The fourth-order valence-corrected chi connectivity index (χ4v) is 1.14. The lowest BCUT2D eigenvalue weighted by Crippen LogP contribution is -2.44. The summed E-state index contributed by atoms with van der Waals surface area (Å²) in [6, 6.07) is 9.32. The Morgan fingerprint density at radius 2 is 2.07 bits per heavy atom. The molecule has 0 aliphatic carbocycles. The number of amides is 2. The molecule has 0 heterocycles. The van der Waals surface area contributed by atoms with E-state index in [9.17, 15) is 4.79 Å². The first kappa shape index (κ1) is 11.5. The monoisotopic (exact) mass is 207 g/mol. The molecule has 0 saturated heterocycles. The molecule has 0 aliphatic heterocycles. The Bertz CT molecular complexity index is 313. The summed E-state index contributed by atoms with van der Waals surface area (Å²) >= 11 is 0. The van der Waals surface area contributed by atoms with Crippen molar-refractivity contribution < 1.29 is 4.79 Å². The van der Waals surface area contributed by atoms with Gasteiger partial charge in [0.1, 0.15) is 0 Å². The third-order valence-electron chi connectivity index (χ3n) is 2.17. The first-order chi connectivity index (χ1) is 7.15. The van der Waals surface area contributed by atoms with E-state index in [1.807, 2.05) is 37.3 Å². The maximum Gasteiger partial charge on any atom is 0.321 e. The van der Waals surface area contributed by atoms with E-state index in [-0.39, 0.29) is 12.1 Å². The molecule has 1 rings (SSSR count). The van der Waals surface area contributed by atoms with Gasteiger partial charge in [-0.2, -0.15) is 0 Å². The molecule has 4 heteroatoms. The van der Waals surface area contributed by atoms with Crippen molar-refractivity contribution in [3.63, 3.8) is 0 Å². The Hall–Kier alpha value is -1.55. The van der Waals surface area contributed by atoms with Crippen molar-refractivity contribution in [2.24, 2.45) is 5.73 Å². The molecule has 1 atom stereocenters. The van der Waals surface area contributed by atoms with E-state index in [0.29, 0.717) is 6.54 Å². The zero-order valence-corrected chi connectivity index (χ0v) is 9.10. The van der Waals surface area contributed by atoms with Gasteiger partial charge < -0.3 is 11.1 Å². The normalized spacial score (nSPS) is 11.9. The molecular weight excluding hydrogens is 190 g/mol. The predicted octanol–water partition coefficient (Wildman–Crippen LogP) is 1.18. The van der Waals surface area contributed by atoms with Crippen molar-refractivity contribution in [1.29, 1.82) is 0 Å². The molecule has 3 N–H and O–H groups in total. The van der Waals surface area contributed by atoms with E-state index in [0.717, 1.165) is 5.69 Å². The molecular formula is C11H17N3O. The van der Waals surface area contributed by atoms with Gasteiger partial charge in [-0.25, -0.2) is 4.79 Å². The minimum absolute atomic E-state index is 0.0105. The van der Waals surface area contributed by atoms with Crippen LogP contribution in [0, 0.1) is 0 Å². The topological polar surface area (TPSA) is 58.4 Å². The van der Waals surface area contributed by atoms with Crippen molar-refractivity contribution in [3.05, 3.63) is 30.3 Å². The Kier molecular flexibility index (Phi) is 4.12. The second-order valence-corrected chi connectivity index (χ2v) is 3.48. The summed E-state index contributed by atoms with van der Waals surface area (Å²) in [4.78, 5) is 13.2. The first-order valence-electron chi connectivity index (χ1n) is 4.94. The van der Waals surface area contributed by atoms with Crippen LogP contribution >= 0.6 is 0 Å². The molecule has 0 fully saturated rings. The highest BCUT2D eigenvalue weighted by atomic mass is 16.2. The van der Waals surface area contributed by atoms with Crippen LogP contribution < -0.4 is 16.0 Å². The molecule has 0 saturated carbocycles. The largest absolute Gasteiger partial charge is 0.334 e. The van der Waals surface area contributed by atoms with Crippen LogP contribution in [0.3, 0.4) is 0 Å². The zero-order chi connectivity index (χ0) is 11.3. The van der Waals surface area contributed by atoms with Crippen molar-refractivity contribution >= 4 is 11.7 Å². The van der Waals surface area contributed by atoms with Gasteiger partial charge in [-0.15, -0.1) is 0 Å². The number of carbonyl (C=O) groups is 1. The van der Waals surface area contributed by atoms with Gasteiger partial charge in [0.05, 0.1) is 0 Å². The third-order valence-corrected chi connectivity index (χ3v) is 2.17. The quantitative estimate of drug-likeness (QED) is 0.782. The lowest BCUT2D eigenvalue weighted by Gasteiger charge is -2.20. The van der Waals surface area contributed by atoms with Crippen LogP contribution in [0.1, 0.15) is 6.92 Å². The Labute approximate surface area is 90.1 Å². The summed E-state index contributed by atoms with van der Waals surface area (Å²) in [6.45, 7) is 2.31. The maximum absolute atomic E-state index is 11.7. The summed E-state index contributed by atoms with van der Waals surface area (Å²) in [5, 5.41) is 2.79. The molecule has 0 spiro atoms. The van der Waals surface area contributed by atoms with Crippen LogP contribution in [0.4, 0.5) is 10.5 Å². The second kappa shape index (κ2) is 5.36. The summed E-state index contributed by atoms with van der Waals surface area (Å²) < 4.78 is 0.